The first kappa shape index (κ1) is 19.2. The van der Waals surface area contributed by atoms with Crippen LogP contribution in [0.25, 0.3) is 5.57 Å². The van der Waals surface area contributed by atoms with Crippen molar-refractivity contribution >= 4 is 5.57 Å². The summed E-state index contributed by atoms with van der Waals surface area (Å²) in [6.07, 6.45) is 12.3. The van der Waals surface area contributed by atoms with Gasteiger partial charge in [0, 0.05) is 0 Å². The fourth-order valence-corrected chi connectivity index (χ4v) is 4.50. The zero-order valence-corrected chi connectivity index (χ0v) is 17.2. The van der Waals surface area contributed by atoms with Crippen molar-refractivity contribution in [1.29, 1.82) is 0 Å². The van der Waals surface area contributed by atoms with Crippen molar-refractivity contribution in [1.82, 2.24) is 0 Å². The summed E-state index contributed by atoms with van der Waals surface area (Å²) in [6, 6.07) is 7.24. The van der Waals surface area contributed by atoms with E-state index in [1.165, 1.54) is 48.0 Å². The van der Waals surface area contributed by atoms with Crippen LogP contribution in [0, 0.1) is 0 Å². The third-order valence-electron chi connectivity index (χ3n) is 6.42. The minimum Gasteiger partial charge on any atom is -0.392 e. The fraction of sp³-hybridized carbons (Fsp3) is 0.520. The van der Waals surface area contributed by atoms with Crippen LogP contribution in [0.2, 0.25) is 0 Å². The number of aliphatic hydroxyl groups excluding tert-OH is 1. The molecule has 0 atom stereocenters. The molecule has 3 rings (SSSR count). The molecule has 0 amide bonds. The maximum atomic E-state index is 9.04. The Morgan fingerprint density at radius 1 is 1.04 bits per heavy atom. The van der Waals surface area contributed by atoms with E-state index in [1.807, 2.05) is 13.0 Å². The second kappa shape index (κ2) is 7.19. The molecule has 0 aliphatic heterocycles. The van der Waals surface area contributed by atoms with Crippen molar-refractivity contribution in [3.05, 3.63) is 64.3 Å². The average molecular weight is 351 g/mol. The normalized spacial score (nSPS) is 22.2. The van der Waals surface area contributed by atoms with Crippen LogP contribution in [0.15, 0.2) is 47.6 Å². The van der Waals surface area contributed by atoms with E-state index < -0.39 is 0 Å². The Bertz CT molecular complexity index is 771. The third-order valence-corrected chi connectivity index (χ3v) is 6.42. The van der Waals surface area contributed by atoms with Crippen LogP contribution < -0.4 is 0 Å². The van der Waals surface area contributed by atoms with Gasteiger partial charge in [-0.25, -0.2) is 0 Å². The van der Waals surface area contributed by atoms with E-state index in [0.717, 1.165) is 12.0 Å². The Hall–Kier alpha value is -1.60. The molecule has 0 saturated heterocycles. The van der Waals surface area contributed by atoms with E-state index in [-0.39, 0.29) is 17.4 Å². The predicted octanol–water partition coefficient (Wildman–Crippen LogP) is 6.47. The summed E-state index contributed by atoms with van der Waals surface area (Å²) in [5.74, 6) is 0. The summed E-state index contributed by atoms with van der Waals surface area (Å²) in [5, 5.41) is 9.04. The minimum absolute atomic E-state index is 0.109. The van der Waals surface area contributed by atoms with Gasteiger partial charge in [0.05, 0.1) is 6.61 Å². The van der Waals surface area contributed by atoms with E-state index in [2.05, 4.69) is 58.0 Å². The molecule has 1 aromatic carbocycles. The number of hydrogen-bond acceptors (Lipinski definition) is 1. The van der Waals surface area contributed by atoms with Gasteiger partial charge in [0.25, 0.3) is 0 Å². The Balaban J connectivity index is 2.02. The van der Waals surface area contributed by atoms with Crippen molar-refractivity contribution in [2.24, 2.45) is 0 Å². The molecule has 2 aliphatic rings. The highest BCUT2D eigenvalue weighted by Crippen LogP contribution is 2.47. The lowest BCUT2D eigenvalue weighted by atomic mass is 9.63. The van der Waals surface area contributed by atoms with Gasteiger partial charge in [0.1, 0.15) is 0 Å². The molecule has 0 fully saturated rings. The number of hydrogen-bond donors (Lipinski definition) is 1. The van der Waals surface area contributed by atoms with Gasteiger partial charge in [-0.2, -0.15) is 0 Å². The van der Waals surface area contributed by atoms with Crippen molar-refractivity contribution < 1.29 is 5.11 Å². The van der Waals surface area contributed by atoms with Crippen LogP contribution in [0.4, 0.5) is 0 Å². The van der Waals surface area contributed by atoms with Crippen molar-refractivity contribution in [2.75, 3.05) is 6.61 Å². The zero-order chi connectivity index (χ0) is 18.9. The number of allylic oxidation sites excluding steroid dienone is 5. The van der Waals surface area contributed by atoms with Gasteiger partial charge in [-0.3, -0.25) is 0 Å². The van der Waals surface area contributed by atoms with Gasteiger partial charge in [0.2, 0.25) is 0 Å². The van der Waals surface area contributed by atoms with E-state index in [4.69, 9.17) is 5.11 Å². The maximum Gasteiger partial charge on any atom is 0.0617 e. The summed E-state index contributed by atoms with van der Waals surface area (Å²) in [6.45, 7) is 11.7. The number of benzene rings is 1. The molecule has 140 valence electrons. The molecule has 1 N–H and O–H groups in total. The van der Waals surface area contributed by atoms with Crippen molar-refractivity contribution in [3.8, 4) is 0 Å². The Morgan fingerprint density at radius 2 is 1.73 bits per heavy atom. The molecule has 0 bridgehead atoms. The Kier molecular flexibility index (Phi) is 5.30. The van der Waals surface area contributed by atoms with Crippen LogP contribution in [0.5, 0.6) is 0 Å². The van der Waals surface area contributed by atoms with Crippen molar-refractivity contribution in [3.63, 3.8) is 0 Å². The molecule has 0 saturated carbocycles. The molecular weight excluding hydrogens is 316 g/mol. The Morgan fingerprint density at radius 3 is 2.42 bits per heavy atom. The summed E-state index contributed by atoms with van der Waals surface area (Å²) >= 11 is 0. The fourth-order valence-electron chi connectivity index (χ4n) is 4.50. The first-order valence-corrected chi connectivity index (χ1v) is 10.1. The first-order valence-electron chi connectivity index (χ1n) is 10.1. The second-order valence-electron chi connectivity index (χ2n) is 9.35. The smallest absolute Gasteiger partial charge is 0.0617 e. The highest BCUT2D eigenvalue weighted by Gasteiger charge is 2.37. The topological polar surface area (TPSA) is 20.2 Å². The van der Waals surface area contributed by atoms with Crippen LogP contribution in [-0.4, -0.2) is 11.7 Å². The van der Waals surface area contributed by atoms with Crippen LogP contribution >= 0.6 is 0 Å². The lowest BCUT2D eigenvalue weighted by Gasteiger charge is -2.42. The quantitative estimate of drug-likeness (QED) is 0.617. The first-order chi connectivity index (χ1) is 12.2. The summed E-state index contributed by atoms with van der Waals surface area (Å²) in [5.41, 5.74) is 9.14. The van der Waals surface area contributed by atoms with E-state index >= 15 is 0 Å². The molecule has 0 heterocycles. The largest absolute Gasteiger partial charge is 0.392 e. The third kappa shape index (κ3) is 3.74. The maximum absolute atomic E-state index is 9.04. The SMILES string of the molecule is C/C(C=CC1=C(c2ccc3c(c2)C(C)(C)CCC3(C)C)CCC1)=C\CO. The highest BCUT2D eigenvalue weighted by molar-refractivity contribution is 5.74. The van der Waals surface area contributed by atoms with E-state index in [0.29, 0.717) is 0 Å². The van der Waals surface area contributed by atoms with Gasteiger partial charge in [0.15, 0.2) is 0 Å². The zero-order valence-electron chi connectivity index (χ0n) is 17.2. The summed E-state index contributed by atoms with van der Waals surface area (Å²) < 4.78 is 0. The molecule has 26 heavy (non-hydrogen) atoms. The lowest BCUT2D eigenvalue weighted by Crippen LogP contribution is -2.33. The second-order valence-corrected chi connectivity index (χ2v) is 9.35. The summed E-state index contributed by atoms with van der Waals surface area (Å²) in [7, 11) is 0. The lowest BCUT2D eigenvalue weighted by molar-refractivity contribution is 0.332. The molecule has 1 heteroatoms. The predicted molar refractivity (Wildman–Crippen MR) is 112 cm³/mol. The highest BCUT2D eigenvalue weighted by atomic mass is 16.2. The van der Waals surface area contributed by atoms with Gasteiger partial charge in [-0.05, 0) is 77.7 Å². The minimum atomic E-state index is 0.109. The van der Waals surface area contributed by atoms with Gasteiger partial charge in [-0.1, -0.05) is 69.7 Å². The molecule has 0 aromatic heterocycles. The number of aliphatic hydroxyl groups is 1. The van der Waals surface area contributed by atoms with E-state index in [9.17, 15) is 0 Å². The van der Waals surface area contributed by atoms with Crippen LogP contribution in [-0.2, 0) is 10.8 Å². The molecule has 0 unspecified atom stereocenters. The monoisotopic (exact) mass is 350 g/mol. The summed E-state index contributed by atoms with van der Waals surface area (Å²) in [4.78, 5) is 0. The molecule has 0 radical (unpaired) electrons. The standard InChI is InChI=1S/C25H34O/c1-18(13-16-26)9-10-19-7-6-8-21(19)20-11-12-22-23(17-20)25(4,5)15-14-24(22,2)3/h9-13,17,26H,6-8,14-16H2,1-5H3/b10-9?,18-13+. The average Bonchev–Trinajstić information content (AvgIpc) is 3.06. The number of rotatable bonds is 4. The van der Waals surface area contributed by atoms with Gasteiger partial charge in [-0.15, -0.1) is 0 Å². The molecule has 2 aliphatic carbocycles. The molecule has 0 spiro atoms. The van der Waals surface area contributed by atoms with Crippen LogP contribution in [0.3, 0.4) is 0 Å². The molecule has 1 aromatic rings. The van der Waals surface area contributed by atoms with Crippen LogP contribution in [0.1, 0.15) is 83.4 Å². The van der Waals surface area contributed by atoms with Crippen molar-refractivity contribution in [2.45, 2.75) is 77.6 Å². The Labute approximate surface area is 159 Å². The van der Waals surface area contributed by atoms with E-state index in [1.54, 1.807) is 5.56 Å². The molecular formula is C25H34O. The number of fused-ring (bicyclic) bond motifs is 1. The van der Waals surface area contributed by atoms with Gasteiger partial charge >= 0.3 is 0 Å². The van der Waals surface area contributed by atoms with Gasteiger partial charge < -0.3 is 5.11 Å². The molecule has 1 nitrogen and oxygen atoms in total.